The van der Waals surface area contributed by atoms with E-state index in [-0.39, 0.29) is 18.2 Å². The number of para-hydroxylation sites is 1. The molecule has 0 radical (unpaired) electrons. The molecule has 5 nitrogen and oxygen atoms in total. The molecule has 2 aliphatic heterocycles. The van der Waals surface area contributed by atoms with Crippen molar-refractivity contribution in [3.05, 3.63) is 64.8 Å². The molecule has 1 atom stereocenters. The van der Waals surface area contributed by atoms with E-state index >= 15 is 0 Å². The van der Waals surface area contributed by atoms with Crippen LogP contribution in [0.3, 0.4) is 0 Å². The number of imide groups is 1. The number of fused-ring (bicyclic) bond motifs is 3. The number of aromatic nitrogens is 1. The second kappa shape index (κ2) is 6.22. The number of halogens is 1. The average molecular weight is 380 g/mol. The molecule has 1 N–H and O–H groups in total. The van der Waals surface area contributed by atoms with Crippen LogP contribution in [0.2, 0.25) is 5.02 Å². The molecule has 136 valence electrons. The lowest BCUT2D eigenvalue weighted by Crippen LogP contribution is -2.44. The highest BCUT2D eigenvalue weighted by atomic mass is 35.5. The molecule has 1 fully saturated rings. The molecule has 5 rings (SSSR count). The molecule has 1 aromatic heterocycles. The SMILES string of the molecule is O=C1C[C@@H](N2CCc3c([nH]c4ccccc34)C2)C(=O)N1c1cccc(Cl)c1. The van der Waals surface area contributed by atoms with Crippen LogP contribution in [0.5, 0.6) is 0 Å². The van der Waals surface area contributed by atoms with Gasteiger partial charge in [-0.2, -0.15) is 0 Å². The zero-order valence-corrected chi connectivity index (χ0v) is 15.4. The first-order valence-corrected chi connectivity index (χ1v) is 9.44. The first-order chi connectivity index (χ1) is 13.1. The highest BCUT2D eigenvalue weighted by molar-refractivity contribution is 6.31. The summed E-state index contributed by atoms with van der Waals surface area (Å²) >= 11 is 6.03. The predicted octanol–water partition coefficient (Wildman–Crippen LogP) is 3.51. The van der Waals surface area contributed by atoms with E-state index in [2.05, 4.69) is 22.0 Å². The first kappa shape index (κ1) is 16.5. The standard InChI is InChI=1S/C21H18ClN3O2/c22-13-4-3-5-14(10-13)25-20(26)11-19(21(25)27)24-9-8-16-15-6-1-2-7-17(15)23-18(16)12-24/h1-7,10,19,23H,8-9,11-12H2/t19-/m1/s1. The number of rotatable bonds is 2. The number of carbonyl (C=O) groups excluding carboxylic acids is 2. The van der Waals surface area contributed by atoms with Crippen LogP contribution in [0.15, 0.2) is 48.5 Å². The molecule has 0 saturated carbocycles. The van der Waals surface area contributed by atoms with Crippen LogP contribution in [0, 0.1) is 0 Å². The Morgan fingerprint density at radius 3 is 2.78 bits per heavy atom. The van der Waals surface area contributed by atoms with Crippen LogP contribution in [0.4, 0.5) is 5.69 Å². The number of benzene rings is 2. The predicted molar refractivity (Wildman–Crippen MR) is 105 cm³/mol. The maximum Gasteiger partial charge on any atom is 0.251 e. The Morgan fingerprint density at radius 2 is 1.93 bits per heavy atom. The van der Waals surface area contributed by atoms with Crippen molar-refractivity contribution < 1.29 is 9.59 Å². The molecule has 3 heterocycles. The van der Waals surface area contributed by atoms with Gasteiger partial charge in [0.2, 0.25) is 5.91 Å². The number of H-pyrrole nitrogens is 1. The Kier molecular flexibility index (Phi) is 3.81. The second-order valence-corrected chi connectivity index (χ2v) is 7.55. The summed E-state index contributed by atoms with van der Waals surface area (Å²) in [5.41, 5.74) is 4.14. The molecule has 0 spiro atoms. The van der Waals surface area contributed by atoms with Gasteiger partial charge in [0, 0.05) is 34.7 Å². The van der Waals surface area contributed by atoms with Gasteiger partial charge in [0.05, 0.1) is 18.2 Å². The molecule has 2 amide bonds. The lowest BCUT2D eigenvalue weighted by atomic mass is 10.0. The zero-order chi connectivity index (χ0) is 18.5. The van der Waals surface area contributed by atoms with Gasteiger partial charge in [-0.3, -0.25) is 14.5 Å². The van der Waals surface area contributed by atoms with Crippen molar-refractivity contribution in [1.82, 2.24) is 9.88 Å². The molecule has 0 aliphatic carbocycles. The van der Waals surface area contributed by atoms with Gasteiger partial charge in [-0.1, -0.05) is 35.9 Å². The summed E-state index contributed by atoms with van der Waals surface area (Å²) in [5.74, 6) is -0.337. The van der Waals surface area contributed by atoms with Crippen LogP contribution < -0.4 is 4.90 Å². The largest absolute Gasteiger partial charge is 0.357 e. The van der Waals surface area contributed by atoms with Gasteiger partial charge in [0.25, 0.3) is 5.91 Å². The van der Waals surface area contributed by atoms with Gasteiger partial charge in [0.1, 0.15) is 0 Å². The molecule has 2 aromatic carbocycles. The minimum absolute atomic E-state index is 0.165. The molecular formula is C21H18ClN3O2. The van der Waals surface area contributed by atoms with E-state index in [4.69, 9.17) is 11.6 Å². The van der Waals surface area contributed by atoms with Gasteiger partial charge >= 0.3 is 0 Å². The Labute approximate surface area is 161 Å². The molecule has 3 aromatic rings. The third-order valence-corrected chi connectivity index (χ3v) is 5.78. The van der Waals surface area contributed by atoms with Crippen LogP contribution in [-0.4, -0.2) is 34.3 Å². The number of hydrogen-bond acceptors (Lipinski definition) is 3. The number of anilines is 1. The topological polar surface area (TPSA) is 56.4 Å². The summed E-state index contributed by atoms with van der Waals surface area (Å²) < 4.78 is 0. The normalized spacial score (nSPS) is 20.5. The Balaban J connectivity index is 1.43. The monoisotopic (exact) mass is 379 g/mol. The summed E-state index contributed by atoms with van der Waals surface area (Å²) in [6.45, 7) is 1.42. The first-order valence-electron chi connectivity index (χ1n) is 9.07. The maximum atomic E-state index is 13.0. The fraction of sp³-hybridized carbons (Fsp3) is 0.238. The van der Waals surface area contributed by atoms with E-state index in [1.165, 1.54) is 15.8 Å². The highest BCUT2D eigenvalue weighted by Gasteiger charge is 2.43. The third-order valence-electron chi connectivity index (χ3n) is 5.54. The van der Waals surface area contributed by atoms with Crippen molar-refractivity contribution in [3.8, 4) is 0 Å². The Morgan fingerprint density at radius 1 is 1.07 bits per heavy atom. The molecular weight excluding hydrogens is 362 g/mol. The van der Waals surface area contributed by atoms with Gasteiger partial charge in [-0.25, -0.2) is 4.90 Å². The Bertz CT molecular complexity index is 1070. The fourth-order valence-corrected chi connectivity index (χ4v) is 4.45. The number of hydrogen-bond donors (Lipinski definition) is 1. The van der Waals surface area contributed by atoms with E-state index in [1.54, 1.807) is 24.3 Å². The van der Waals surface area contributed by atoms with Crippen molar-refractivity contribution in [2.75, 3.05) is 11.4 Å². The molecule has 1 saturated heterocycles. The molecule has 0 unspecified atom stereocenters. The average Bonchev–Trinajstić information content (AvgIpc) is 3.18. The quantitative estimate of drug-likeness (QED) is 0.693. The number of nitrogens with zero attached hydrogens (tertiary/aromatic N) is 2. The fourth-order valence-electron chi connectivity index (χ4n) is 4.27. The minimum atomic E-state index is -0.420. The van der Waals surface area contributed by atoms with Crippen LogP contribution >= 0.6 is 11.6 Å². The lowest BCUT2D eigenvalue weighted by Gasteiger charge is -2.30. The van der Waals surface area contributed by atoms with E-state index in [0.717, 1.165) is 24.2 Å². The lowest BCUT2D eigenvalue weighted by molar-refractivity contribution is -0.123. The third kappa shape index (κ3) is 2.66. The maximum absolute atomic E-state index is 13.0. The van der Waals surface area contributed by atoms with E-state index in [9.17, 15) is 9.59 Å². The van der Waals surface area contributed by atoms with Crippen molar-refractivity contribution in [3.63, 3.8) is 0 Å². The molecule has 2 aliphatic rings. The minimum Gasteiger partial charge on any atom is -0.357 e. The van der Waals surface area contributed by atoms with Gasteiger partial charge < -0.3 is 4.98 Å². The molecule has 0 bridgehead atoms. The van der Waals surface area contributed by atoms with E-state index in [0.29, 0.717) is 17.3 Å². The van der Waals surface area contributed by atoms with E-state index < -0.39 is 6.04 Å². The van der Waals surface area contributed by atoms with Gasteiger partial charge in [-0.15, -0.1) is 0 Å². The summed E-state index contributed by atoms with van der Waals surface area (Å²) in [6, 6.07) is 14.7. The van der Waals surface area contributed by atoms with Gasteiger partial charge in [0.15, 0.2) is 0 Å². The van der Waals surface area contributed by atoms with Crippen LogP contribution in [0.25, 0.3) is 10.9 Å². The number of amides is 2. The zero-order valence-electron chi connectivity index (χ0n) is 14.6. The smallest absolute Gasteiger partial charge is 0.251 e. The van der Waals surface area contributed by atoms with Crippen molar-refractivity contribution in [2.24, 2.45) is 0 Å². The summed E-state index contributed by atoms with van der Waals surface area (Å²) in [7, 11) is 0. The molecule has 27 heavy (non-hydrogen) atoms. The molecule has 6 heteroatoms. The van der Waals surface area contributed by atoms with Crippen molar-refractivity contribution in [2.45, 2.75) is 25.4 Å². The van der Waals surface area contributed by atoms with Gasteiger partial charge in [-0.05, 0) is 36.2 Å². The summed E-state index contributed by atoms with van der Waals surface area (Å²) in [4.78, 5) is 32.5. The number of nitrogens with one attached hydrogen (secondary N) is 1. The highest BCUT2D eigenvalue weighted by Crippen LogP contribution is 2.32. The van der Waals surface area contributed by atoms with Crippen LogP contribution in [0.1, 0.15) is 17.7 Å². The number of carbonyl (C=O) groups is 2. The summed E-state index contributed by atoms with van der Waals surface area (Å²) in [6.07, 6.45) is 1.08. The van der Waals surface area contributed by atoms with Crippen molar-refractivity contribution >= 4 is 40.0 Å². The second-order valence-electron chi connectivity index (χ2n) is 7.12. The van der Waals surface area contributed by atoms with Crippen molar-refractivity contribution in [1.29, 1.82) is 0 Å². The van der Waals surface area contributed by atoms with E-state index in [1.807, 2.05) is 12.1 Å². The Hall–Kier alpha value is -2.63. The van der Waals surface area contributed by atoms with Crippen LogP contribution in [-0.2, 0) is 22.6 Å². The number of aromatic amines is 1. The summed E-state index contributed by atoms with van der Waals surface area (Å²) in [5, 5.41) is 1.76.